The highest BCUT2D eigenvalue weighted by atomic mass is 79.9. The van der Waals surface area contributed by atoms with Crippen LogP contribution in [0.25, 0.3) is 0 Å². The fourth-order valence-corrected chi connectivity index (χ4v) is 2.78. The fourth-order valence-electron chi connectivity index (χ4n) is 2.05. The van der Waals surface area contributed by atoms with Crippen LogP contribution in [-0.4, -0.2) is 12.6 Å². The van der Waals surface area contributed by atoms with E-state index in [1.807, 2.05) is 13.0 Å². The zero-order valence-corrected chi connectivity index (χ0v) is 11.8. The zero-order valence-electron chi connectivity index (χ0n) is 10.2. The van der Waals surface area contributed by atoms with E-state index in [0.29, 0.717) is 6.04 Å². The summed E-state index contributed by atoms with van der Waals surface area (Å²) in [6, 6.07) is 7.20. The van der Waals surface area contributed by atoms with Crippen molar-refractivity contribution in [3.63, 3.8) is 0 Å². The zero-order chi connectivity index (χ0) is 12.4. The van der Waals surface area contributed by atoms with Crippen molar-refractivity contribution < 1.29 is 0 Å². The van der Waals surface area contributed by atoms with Gasteiger partial charge in [0.1, 0.15) is 0 Å². The summed E-state index contributed by atoms with van der Waals surface area (Å²) >= 11 is 3.60. The highest BCUT2D eigenvalue weighted by Gasteiger charge is 2.28. The number of nitrogens with zero attached hydrogens (tertiary/aromatic N) is 1. The van der Waals surface area contributed by atoms with Crippen molar-refractivity contribution in [1.29, 1.82) is 0 Å². The number of hydrogen-bond acceptors (Lipinski definition) is 2. The normalized spacial score (nSPS) is 16.6. The molecule has 1 aliphatic carbocycles. The van der Waals surface area contributed by atoms with Crippen molar-refractivity contribution in [1.82, 2.24) is 0 Å². The summed E-state index contributed by atoms with van der Waals surface area (Å²) in [4.78, 5) is 2.41. The van der Waals surface area contributed by atoms with Crippen LogP contribution in [0.4, 0.5) is 5.69 Å². The van der Waals surface area contributed by atoms with Crippen molar-refractivity contribution in [2.24, 2.45) is 5.73 Å². The molecule has 0 heterocycles. The Kier molecular flexibility index (Phi) is 3.89. The second kappa shape index (κ2) is 5.23. The molecule has 1 aromatic carbocycles. The molecule has 2 N–H and O–H groups in total. The second-order valence-corrected chi connectivity index (χ2v) is 5.52. The van der Waals surface area contributed by atoms with Gasteiger partial charge >= 0.3 is 0 Å². The highest BCUT2D eigenvalue weighted by Crippen LogP contribution is 2.34. The molecular formula is C14H19BrN2. The van der Waals surface area contributed by atoms with Gasteiger partial charge in [-0.05, 0) is 37.5 Å². The van der Waals surface area contributed by atoms with E-state index in [-0.39, 0.29) is 6.04 Å². The molecule has 1 aromatic rings. The van der Waals surface area contributed by atoms with E-state index in [9.17, 15) is 0 Å². The summed E-state index contributed by atoms with van der Waals surface area (Å²) < 4.78 is 1.10. The molecule has 0 aliphatic heterocycles. The SMILES string of the molecule is C=CCN(c1ccc(C(C)N)c(Br)c1)C1CC1. The number of anilines is 1. The van der Waals surface area contributed by atoms with Crippen LogP contribution in [0, 0.1) is 0 Å². The van der Waals surface area contributed by atoms with E-state index >= 15 is 0 Å². The lowest BCUT2D eigenvalue weighted by Gasteiger charge is -2.24. The molecule has 0 spiro atoms. The number of nitrogens with two attached hydrogens (primary N) is 1. The van der Waals surface area contributed by atoms with E-state index in [2.05, 4.69) is 45.6 Å². The maximum Gasteiger partial charge on any atom is 0.0383 e. The molecular weight excluding hydrogens is 276 g/mol. The van der Waals surface area contributed by atoms with Crippen molar-refractivity contribution in [3.8, 4) is 0 Å². The van der Waals surface area contributed by atoms with Gasteiger partial charge in [0.2, 0.25) is 0 Å². The molecule has 1 saturated carbocycles. The maximum absolute atomic E-state index is 5.91. The third-order valence-corrected chi connectivity index (χ3v) is 3.81. The molecule has 92 valence electrons. The number of hydrogen-bond donors (Lipinski definition) is 1. The largest absolute Gasteiger partial charge is 0.365 e. The van der Waals surface area contributed by atoms with Gasteiger partial charge in [0, 0.05) is 28.8 Å². The molecule has 0 amide bonds. The average molecular weight is 295 g/mol. The Morgan fingerprint density at radius 1 is 1.59 bits per heavy atom. The number of rotatable bonds is 5. The monoisotopic (exact) mass is 294 g/mol. The van der Waals surface area contributed by atoms with Crippen LogP contribution in [0.3, 0.4) is 0 Å². The van der Waals surface area contributed by atoms with Crippen LogP contribution < -0.4 is 10.6 Å². The first-order valence-electron chi connectivity index (χ1n) is 6.06. The summed E-state index contributed by atoms with van der Waals surface area (Å²) in [7, 11) is 0. The van der Waals surface area contributed by atoms with Crippen LogP contribution in [0.5, 0.6) is 0 Å². The van der Waals surface area contributed by atoms with E-state index in [1.54, 1.807) is 0 Å². The van der Waals surface area contributed by atoms with Gasteiger partial charge in [-0.2, -0.15) is 0 Å². The number of benzene rings is 1. The molecule has 0 bridgehead atoms. The van der Waals surface area contributed by atoms with Crippen molar-refractivity contribution >= 4 is 21.6 Å². The van der Waals surface area contributed by atoms with E-state index in [1.165, 1.54) is 18.5 Å². The van der Waals surface area contributed by atoms with Crippen molar-refractivity contribution in [2.75, 3.05) is 11.4 Å². The third kappa shape index (κ3) is 2.90. The molecule has 2 nitrogen and oxygen atoms in total. The van der Waals surface area contributed by atoms with Gasteiger partial charge in [-0.15, -0.1) is 6.58 Å². The molecule has 1 atom stereocenters. The standard InChI is InChI=1S/C14H19BrN2/c1-3-8-17(11-4-5-11)12-6-7-13(10(2)16)14(15)9-12/h3,6-7,9-11H,1,4-5,8,16H2,2H3. The van der Waals surface area contributed by atoms with Gasteiger partial charge in [0.15, 0.2) is 0 Å². The van der Waals surface area contributed by atoms with Gasteiger partial charge in [0.25, 0.3) is 0 Å². The Balaban J connectivity index is 2.25. The summed E-state index contributed by atoms with van der Waals surface area (Å²) in [6.07, 6.45) is 4.55. The minimum Gasteiger partial charge on any atom is -0.365 e. The first-order valence-corrected chi connectivity index (χ1v) is 6.85. The lowest BCUT2D eigenvalue weighted by Crippen LogP contribution is -2.25. The summed E-state index contributed by atoms with van der Waals surface area (Å²) in [5, 5.41) is 0. The Hall–Kier alpha value is -0.800. The molecule has 0 aromatic heterocycles. The van der Waals surface area contributed by atoms with Crippen molar-refractivity contribution in [2.45, 2.75) is 31.8 Å². The fraction of sp³-hybridized carbons (Fsp3) is 0.429. The van der Waals surface area contributed by atoms with Crippen LogP contribution in [-0.2, 0) is 0 Å². The first-order chi connectivity index (χ1) is 8.13. The quantitative estimate of drug-likeness (QED) is 0.841. The summed E-state index contributed by atoms with van der Waals surface area (Å²) in [6.45, 7) is 6.74. The topological polar surface area (TPSA) is 29.3 Å². The van der Waals surface area contributed by atoms with Crippen LogP contribution >= 0.6 is 15.9 Å². The van der Waals surface area contributed by atoms with E-state index in [4.69, 9.17) is 5.73 Å². The van der Waals surface area contributed by atoms with Gasteiger partial charge < -0.3 is 10.6 Å². The molecule has 17 heavy (non-hydrogen) atoms. The molecule has 0 saturated heterocycles. The van der Waals surface area contributed by atoms with Gasteiger partial charge in [-0.25, -0.2) is 0 Å². The van der Waals surface area contributed by atoms with Crippen LogP contribution in [0.2, 0.25) is 0 Å². The van der Waals surface area contributed by atoms with Crippen molar-refractivity contribution in [3.05, 3.63) is 40.9 Å². The first kappa shape index (κ1) is 12.7. The lowest BCUT2D eigenvalue weighted by molar-refractivity contribution is 0.809. The Labute approximate surface area is 112 Å². The van der Waals surface area contributed by atoms with Gasteiger partial charge in [-0.1, -0.05) is 28.1 Å². The number of halogens is 1. The van der Waals surface area contributed by atoms with Gasteiger partial charge in [0.05, 0.1) is 0 Å². The molecule has 1 fully saturated rings. The third-order valence-electron chi connectivity index (χ3n) is 3.12. The summed E-state index contributed by atoms with van der Waals surface area (Å²) in [5.74, 6) is 0. The highest BCUT2D eigenvalue weighted by molar-refractivity contribution is 9.10. The smallest absolute Gasteiger partial charge is 0.0383 e. The predicted octanol–water partition coefficient (Wildman–Crippen LogP) is 3.62. The summed E-state index contributed by atoms with van der Waals surface area (Å²) in [5.41, 5.74) is 8.32. The predicted molar refractivity (Wildman–Crippen MR) is 77.3 cm³/mol. The minimum atomic E-state index is 0.0622. The molecule has 1 unspecified atom stereocenters. The van der Waals surface area contributed by atoms with Gasteiger partial charge in [-0.3, -0.25) is 0 Å². The molecule has 2 rings (SSSR count). The average Bonchev–Trinajstić information content (AvgIpc) is 3.09. The molecule has 3 heteroatoms. The second-order valence-electron chi connectivity index (χ2n) is 4.67. The Morgan fingerprint density at radius 2 is 2.29 bits per heavy atom. The Morgan fingerprint density at radius 3 is 2.76 bits per heavy atom. The minimum absolute atomic E-state index is 0.0622. The van der Waals surface area contributed by atoms with E-state index < -0.39 is 0 Å². The van der Waals surface area contributed by atoms with E-state index in [0.717, 1.165) is 16.6 Å². The van der Waals surface area contributed by atoms with Crippen LogP contribution in [0.1, 0.15) is 31.4 Å². The lowest BCUT2D eigenvalue weighted by atomic mass is 10.1. The van der Waals surface area contributed by atoms with Crippen LogP contribution in [0.15, 0.2) is 35.3 Å². The maximum atomic E-state index is 5.91. The molecule has 0 radical (unpaired) electrons. The Bertz CT molecular complexity index is 411. The molecule has 1 aliphatic rings.